The van der Waals surface area contributed by atoms with Gasteiger partial charge >= 0.3 is 0 Å². The molecule has 0 aliphatic carbocycles. The molecular formula is C27H23ClN2O3. The third kappa shape index (κ3) is 3.79. The highest BCUT2D eigenvalue weighted by molar-refractivity contribution is 6.46. The van der Waals surface area contributed by atoms with Crippen molar-refractivity contribution in [2.45, 2.75) is 26.4 Å². The lowest BCUT2D eigenvalue weighted by Gasteiger charge is -2.22. The summed E-state index contributed by atoms with van der Waals surface area (Å²) in [5.74, 6) is 0.00143. The van der Waals surface area contributed by atoms with Crippen LogP contribution in [0, 0.1) is 0 Å². The van der Waals surface area contributed by atoms with Gasteiger partial charge in [-0.1, -0.05) is 48.0 Å². The molecule has 0 radical (unpaired) electrons. The minimum Gasteiger partial charge on any atom is -0.491 e. The molecule has 2 heterocycles. The van der Waals surface area contributed by atoms with Crippen molar-refractivity contribution < 1.29 is 14.3 Å². The fraction of sp³-hybridized carbons (Fsp3) is 0.185. The van der Waals surface area contributed by atoms with Gasteiger partial charge in [-0.05, 0) is 67.8 Å². The minimum atomic E-state index is -0.362. The molecule has 0 atom stereocenters. The zero-order chi connectivity index (χ0) is 23.1. The second-order valence-electron chi connectivity index (χ2n) is 8.37. The molecule has 0 bridgehead atoms. The van der Waals surface area contributed by atoms with Gasteiger partial charge in [-0.3, -0.25) is 9.59 Å². The van der Waals surface area contributed by atoms with Crippen LogP contribution in [0.15, 0.2) is 78.5 Å². The van der Waals surface area contributed by atoms with E-state index in [0.717, 1.165) is 17.7 Å². The van der Waals surface area contributed by atoms with Crippen molar-refractivity contribution >= 4 is 40.4 Å². The van der Waals surface area contributed by atoms with Gasteiger partial charge in [0.2, 0.25) is 0 Å². The molecule has 2 aliphatic rings. The molecule has 2 aliphatic heterocycles. The molecule has 0 aromatic heterocycles. The number of carbonyl (C=O) groups excluding carboxylic acids is 2. The molecule has 0 saturated carbocycles. The summed E-state index contributed by atoms with van der Waals surface area (Å²) in [4.78, 5) is 30.7. The Kier molecular flexibility index (Phi) is 5.43. The average Bonchev–Trinajstić information content (AvgIpc) is 3.32. The number of nitrogens with zero attached hydrogens (tertiary/aromatic N) is 2. The predicted octanol–water partition coefficient (Wildman–Crippen LogP) is 5.47. The summed E-state index contributed by atoms with van der Waals surface area (Å²) in [5, 5.41) is 0.463. The van der Waals surface area contributed by atoms with Crippen molar-refractivity contribution in [2.75, 3.05) is 16.3 Å². The first-order chi connectivity index (χ1) is 15.9. The quantitative estimate of drug-likeness (QED) is 0.475. The highest BCUT2D eigenvalue weighted by atomic mass is 35.5. The van der Waals surface area contributed by atoms with Crippen molar-refractivity contribution in [3.63, 3.8) is 0 Å². The molecule has 6 heteroatoms. The molecule has 5 rings (SSSR count). The maximum absolute atomic E-state index is 13.8. The summed E-state index contributed by atoms with van der Waals surface area (Å²) in [6, 6.07) is 22.1. The molecule has 0 N–H and O–H groups in total. The summed E-state index contributed by atoms with van der Waals surface area (Å²) in [6.07, 6.45) is 0.854. The molecule has 2 amide bonds. The number of imide groups is 1. The molecule has 33 heavy (non-hydrogen) atoms. The Balaban J connectivity index is 1.64. The topological polar surface area (TPSA) is 49.9 Å². The van der Waals surface area contributed by atoms with Crippen LogP contribution in [-0.4, -0.2) is 24.5 Å². The number of hydrogen-bond donors (Lipinski definition) is 0. The minimum absolute atomic E-state index is 0.0414. The number of carbonyl (C=O) groups is 2. The summed E-state index contributed by atoms with van der Waals surface area (Å²) in [5.41, 5.74) is 4.02. The third-order valence-electron chi connectivity index (χ3n) is 5.80. The van der Waals surface area contributed by atoms with Crippen molar-refractivity contribution in [1.29, 1.82) is 0 Å². The third-order valence-corrected chi connectivity index (χ3v) is 6.03. The van der Waals surface area contributed by atoms with E-state index in [-0.39, 0.29) is 17.9 Å². The summed E-state index contributed by atoms with van der Waals surface area (Å²) in [6.45, 7) is 4.55. The summed E-state index contributed by atoms with van der Waals surface area (Å²) >= 11 is 6.17. The predicted molar refractivity (Wildman–Crippen MR) is 131 cm³/mol. The van der Waals surface area contributed by atoms with Crippen molar-refractivity contribution in [3.8, 4) is 5.75 Å². The number of anilines is 2. The van der Waals surface area contributed by atoms with E-state index in [1.807, 2.05) is 61.2 Å². The van der Waals surface area contributed by atoms with E-state index in [2.05, 4.69) is 6.07 Å². The van der Waals surface area contributed by atoms with Crippen LogP contribution >= 0.6 is 11.6 Å². The standard InChI is InChI=1S/C27H23ClN2O3/c1-17(2)33-22-12-10-19(11-13-22)24-25(29-15-14-18-6-3-4-9-23(18)29)27(32)30(26(24)31)21-8-5-7-20(28)16-21/h3-13,16-17H,14-15H2,1-2H3. The van der Waals surface area contributed by atoms with Crippen LogP contribution in [0.5, 0.6) is 5.75 Å². The number of benzene rings is 3. The molecule has 5 nitrogen and oxygen atoms in total. The van der Waals surface area contributed by atoms with Gasteiger partial charge in [0.15, 0.2) is 0 Å². The smallest absolute Gasteiger partial charge is 0.282 e. The van der Waals surface area contributed by atoms with Gasteiger partial charge in [0.05, 0.1) is 17.4 Å². The lowest BCUT2D eigenvalue weighted by Crippen LogP contribution is -2.34. The fourth-order valence-corrected chi connectivity index (χ4v) is 4.61. The average molecular weight is 459 g/mol. The van der Waals surface area contributed by atoms with Gasteiger partial charge in [0.1, 0.15) is 11.4 Å². The molecule has 166 valence electrons. The zero-order valence-corrected chi connectivity index (χ0v) is 19.2. The molecule has 3 aromatic carbocycles. The Morgan fingerprint density at radius 1 is 0.909 bits per heavy atom. The van der Waals surface area contributed by atoms with Crippen molar-refractivity contribution in [1.82, 2.24) is 0 Å². The lowest BCUT2D eigenvalue weighted by molar-refractivity contribution is -0.120. The summed E-state index contributed by atoms with van der Waals surface area (Å²) in [7, 11) is 0. The normalized spacial score (nSPS) is 15.6. The number of ether oxygens (including phenoxy) is 1. The SMILES string of the molecule is CC(C)Oc1ccc(C2=C(N3CCc4ccccc43)C(=O)N(c3cccc(Cl)c3)C2=O)cc1. The van der Waals surface area contributed by atoms with Crippen LogP contribution in [0.2, 0.25) is 5.02 Å². The van der Waals surface area contributed by atoms with Crippen LogP contribution in [0.25, 0.3) is 5.57 Å². The molecule has 0 unspecified atom stereocenters. The van der Waals surface area contributed by atoms with Crippen LogP contribution in [-0.2, 0) is 16.0 Å². The highest BCUT2D eigenvalue weighted by Crippen LogP contribution is 2.40. The van der Waals surface area contributed by atoms with Gasteiger partial charge in [0.25, 0.3) is 11.8 Å². The van der Waals surface area contributed by atoms with E-state index in [9.17, 15) is 9.59 Å². The van der Waals surface area contributed by atoms with Crippen LogP contribution in [0.4, 0.5) is 11.4 Å². The number of amides is 2. The number of hydrogen-bond acceptors (Lipinski definition) is 4. The Bertz CT molecular complexity index is 1280. The molecular weight excluding hydrogens is 436 g/mol. The summed E-state index contributed by atoms with van der Waals surface area (Å²) < 4.78 is 5.75. The van der Waals surface area contributed by atoms with Gasteiger partial charge in [0, 0.05) is 17.3 Å². The zero-order valence-electron chi connectivity index (χ0n) is 18.4. The highest BCUT2D eigenvalue weighted by Gasteiger charge is 2.44. The van der Waals surface area contributed by atoms with Gasteiger partial charge in [-0.2, -0.15) is 0 Å². The largest absolute Gasteiger partial charge is 0.491 e. The first-order valence-electron chi connectivity index (χ1n) is 10.9. The van der Waals surface area contributed by atoms with Crippen molar-refractivity contribution in [3.05, 3.63) is 94.6 Å². The van der Waals surface area contributed by atoms with E-state index in [4.69, 9.17) is 16.3 Å². The van der Waals surface area contributed by atoms with Gasteiger partial charge in [-0.25, -0.2) is 4.90 Å². The van der Waals surface area contributed by atoms with E-state index >= 15 is 0 Å². The number of halogens is 1. The fourth-order valence-electron chi connectivity index (χ4n) is 4.42. The Morgan fingerprint density at radius 3 is 2.39 bits per heavy atom. The number of para-hydroxylation sites is 1. The van der Waals surface area contributed by atoms with Crippen LogP contribution in [0.3, 0.4) is 0 Å². The maximum Gasteiger partial charge on any atom is 0.282 e. The van der Waals surface area contributed by atoms with E-state index in [1.165, 1.54) is 4.90 Å². The van der Waals surface area contributed by atoms with Gasteiger partial charge in [-0.15, -0.1) is 0 Å². The second-order valence-corrected chi connectivity index (χ2v) is 8.81. The van der Waals surface area contributed by atoms with E-state index in [1.54, 1.807) is 24.3 Å². The molecule has 0 fully saturated rings. The number of rotatable bonds is 5. The Morgan fingerprint density at radius 2 is 1.67 bits per heavy atom. The Labute approximate surface area is 197 Å². The monoisotopic (exact) mass is 458 g/mol. The maximum atomic E-state index is 13.8. The van der Waals surface area contributed by atoms with Crippen LogP contribution < -0.4 is 14.5 Å². The molecule has 0 saturated heterocycles. The van der Waals surface area contributed by atoms with Crippen LogP contribution in [0.1, 0.15) is 25.0 Å². The first kappa shape index (κ1) is 21.3. The number of fused-ring (bicyclic) bond motifs is 1. The molecule has 3 aromatic rings. The molecule has 0 spiro atoms. The Hall–Kier alpha value is -3.57. The van der Waals surface area contributed by atoms with Gasteiger partial charge < -0.3 is 9.64 Å². The second kappa shape index (κ2) is 8.41. The lowest BCUT2D eigenvalue weighted by atomic mass is 10.0. The van der Waals surface area contributed by atoms with Crippen molar-refractivity contribution in [2.24, 2.45) is 0 Å². The first-order valence-corrected chi connectivity index (χ1v) is 11.3. The van der Waals surface area contributed by atoms with E-state index < -0.39 is 0 Å². The van der Waals surface area contributed by atoms with E-state index in [0.29, 0.717) is 39.8 Å².